The maximum atomic E-state index is 5.85. The zero-order chi connectivity index (χ0) is 38.0. The van der Waals surface area contributed by atoms with Gasteiger partial charge < -0.3 is 58.8 Å². The molecule has 0 fully saturated rings. The molecular formula is C34H75O13Si3+. The lowest BCUT2D eigenvalue weighted by Gasteiger charge is -2.28. The van der Waals surface area contributed by atoms with E-state index in [0.717, 1.165) is 24.9 Å². The van der Waals surface area contributed by atoms with E-state index in [-0.39, 0.29) is 0 Å². The van der Waals surface area contributed by atoms with Crippen molar-refractivity contribution in [3.05, 3.63) is 25.3 Å². The smallest absolute Gasteiger partial charge is 0.379 e. The quantitative estimate of drug-likeness (QED) is 0.0325. The van der Waals surface area contributed by atoms with Gasteiger partial charge in [0.2, 0.25) is 6.58 Å². The highest BCUT2D eigenvalue weighted by atomic mass is 28.4. The van der Waals surface area contributed by atoms with Crippen LogP contribution in [0.2, 0.25) is 12.1 Å². The lowest BCUT2D eigenvalue weighted by atomic mass is 10.5. The van der Waals surface area contributed by atoms with Gasteiger partial charge in [0.05, 0.1) is 33.0 Å². The highest BCUT2D eigenvalue weighted by molar-refractivity contribution is 6.61. The van der Waals surface area contributed by atoms with Crippen LogP contribution >= 0.6 is 0 Å². The second kappa shape index (κ2) is 42.9. The second-order valence-corrected chi connectivity index (χ2v) is 16.8. The molecule has 13 nitrogen and oxygen atoms in total. The minimum Gasteiger partial charge on any atom is -0.379 e. The van der Waals surface area contributed by atoms with E-state index >= 15 is 0 Å². The molecule has 0 spiro atoms. The Kier molecular flexibility index (Phi) is 46.3. The Morgan fingerprint density at radius 2 is 0.780 bits per heavy atom. The first kappa shape index (κ1) is 53.9. The largest absolute Gasteiger partial charge is 0.501 e. The Balaban J connectivity index is -0.000000893. The summed E-state index contributed by atoms with van der Waals surface area (Å²) in [4.78, 5) is 0. The lowest BCUT2D eigenvalue weighted by Crippen LogP contribution is -2.46. The molecule has 50 heavy (non-hydrogen) atoms. The average Bonchev–Trinajstić information content (AvgIpc) is 3.09. The van der Waals surface area contributed by atoms with Crippen molar-refractivity contribution >= 4 is 27.1 Å². The summed E-state index contributed by atoms with van der Waals surface area (Å²) < 4.78 is 72.1. The summed E-state index contributed by atoms with van der Waals surface area (Å²) in [5.74, 6) is 0. The average molecular weight is 776 g/mol. The van der Waals surface area contributed by atoms with Gasteiger partial charge in [-0.2, -0.15) is 0 Å². The van der Waals surface area contributed by atoms with E-state index in [1.54, 1.807) is 6.08 Å². The summed E-state index contributed by atoms with van der Waals surface area (Å²) in [5, 5.41) is 0. The van der Waals surface area contributed by atoms with Gasteiger partial charge in [0.1, 0.15) is 6.61 Å². The van der Waals surface area contributed by atoms with Gasteiger partial charge in [0.15, 0.2) is 6.08 Å². The number of rotatable bonds is 36. The fourth-order valence-corrected chi connectivity index (χ4v) is 10.4. The van der Waals surface area contributed by atoms with Crippen molar-refractivity contribution in [2.75, 3.05) is 112 Å². The molecule has 0 aromatic carbocycles. The monoisotopic (exact) mass is 775 g/mol. The van der Waals surface area contributed by atoms with Crippen LogP contribution in [0.25, 0.3) is 0 Å². The predicted octanol–water partition coefficient (Wildman–Crippen LogP) is 5.90. The second-order valence-electron chi connectivity index (χ2n) is 9.72. The topological polar surface area (TPSA) is 120 Å². The normalized spacial score (nSPS) is 11.5. The maximum absolute atomic E-state index is 5.85. The first-order valence-electron chi connectivity index (χ1n) is 18.5. The van der Waals surface area contributed by atoms with E-state index in [1.807, 2.05) is 62.3 Å². The summed E-state index contributed by atoms with van der Waals surface area (Å²) >= 11 is 0. The number of hydrogen-bond donors (Lipinski definition) is 0. The summed E-state index contributed by atoms with van der Waals surface area (Å²) in [5.41, 5.74) is 0. The van der Waals surface area contributed by atoms with E-state index < -0.39 is 27.1 Å². The van der Waals surface area contributed by atoms with Gasteiger partial charge in [0.25, 0.3) is 0 Å². The highest BCUT2D eigenvalue weighted by Crippen LogP contribution is 2.19. The molecule has 0 heterocycles. The van der Waals surface area contributed by atoms with Crippen molar-refractivity contribution in [2.45, 2.75) is 87.2 Å². The first-order valence-corrected chi connectivity index (χ1v) is 23.7. The minimum absolute atomic E-state index is 0.484. The standard InChI is InChI=1S/C20H46O8Si2.C8H13O2.C6H16O3Si/c1-7-23-29(24-8-2,25-9-3)19-13-15-21-17-18-22-16-14-20-30(26-10-4,27-11-5)28-12-6;1-3-5-9-7-8-10-6-4-2;1-4-7-10(8-5-2)9-6-3/h7-20H2,1-6H3;1,3-4H,2,5-8H2;10H,4-6H2,1-3H3/q;+1;. The molecule has 0 amide bonds. The molecule has 0 saturated heterocycles. The van der Waals surface area contributed by atoms with Crippen LogP contribution in [0.4, 0.5) is 0 Å². The van der Waals surface area contributed by atoms with Gasteiger partial charge in [-0.05, 0) is 75.2 Å². The molecule has 16 heteroatoms. The van der Waals surface area contributed by atoms with Crippen molar-refractivity contribution in [1.29, 1.82) is 0 Å². The number of hydrogen-bond acceptors (Lipinski definition) is 13. The van der Waals surface area contributed by atoms with Gasteiger partial charge in [-0.25, -0.2) is 0 Å². The highest BCUT2D eigenvalue weighted by Gasteiger charge is 2.40. The predicted molar refractivity (Wildman–Crippen MR) is 204 cm³/mol. The van der Waals surface area contributed by atoms with Crippen LogP contribution in [0.1, 0.15) is 75.2 Å². The molecule has 0 aliphatic heterocycles. The van der Waals surface area contributed by atoms with Crippen LogP contribution in [0.5, 0.6) is 0 Å². The summed E-state index contributed by atoms with van der Waals surface area (Å²) in [6.07, 6.45) is 4.86. The molecule has 0 N–H and O–H groups in total. The Morgan fingerprint density at radius 3 is 1.06 bits per heavy atom. The fraction of sp³-hybridized carbons (Fsp3) is 0.882. The van der Waals surface area contributed by atoms with Crippen LogP contribution in [0, 0.1) is 6.58 Å². The van der Waals surface area contributed by atoms with Gasteiger partial charge in [-0.1, -0.05) is 6.08 Å². The van der Waals surface area contributed by atoms with Gasteiger partial charge in [0, 0.05) is 84.8 Å². The van der Waals surface area contributed by atoms with E-state index in [1.165, 1.54) is 6.08 Å². The van der Waals surface area contributed by atoms with E-state index in [0.29, 0.717) is 112 Å². The van der Waals surface area contributed by atoms with Crippen LogP contribution in [0.15, 0.2) is 18.7 Å². The summed E-state index contributed by atoms with van der Waals surface area (Å²) in [7, 11) is -6.86. The molecule has 0 unspecified atom stereocenters. The van der Waals surface area contributed by atoms with Crippen molar-refractivity contribution < 1.29 is 58.8 Å². The zero-order valence-electron chi connectivity index (χ0n) is 33.2. The van der Waals surface area contributed by atoms with Gasteiger partial charge >= 0.3 is 27.1 Å². The molecule has 0 rings (SSSR count). The molecule has 0 aromatic rings. The SMILES string of the molecule is CCO[SiH](OCC)OCC.CCO[Si](CCCOCCOCCC[Si](OCC)(OCC)OCC)(OCC)OCC.[CH+]=CCOCCOCC=C. The van der Waals surface area contributed by atoms with Crippen molar-refractivity contribution in [3.8, 4) is 0 Å². The van der Waals surface area contributed by atoms with Crippen LogP contribution in [-0.4, -0.2) is 139 Å². The third kappa shape index (κ3) is 34.6. The first-order chi connectivity index (χ1) is 24.3. The molecule has 0 aromatic heterocycles. The molecule has 0 atom stereocenters. The van der Waals surface area contributed by atoms with Crippen LogP contribution in [0.3, 0.4) is 0 Å². The van der Waals surface area contributed by atoms with Crippen molar-refractivity contribution in [1.82, 2.24) is 0 Å². The zero-order valence-corrected chi connectivity index (χ0v) is 36.3. The number of ether oxygens (including phenoxy) is 4. The van der Waals surface area contributed by atoms with E-state index in [4.69, 9.17) is 65.4 Å². The Hall–Kier alpha value is -0.479. The third-order valence-corrected chi connectivity index (χ3v) is 14.0. The molecule has 0 bridgehead atoms. The molecule has 0 saturated carbocycles. The van der Waals surface area contributed by atoms with E-state index in [9.17, 15) is 0 Å². The molecule has 0 aliphatic rings. The Morgan fingerprint density at radius 1 is 0.460 bits per heavy atom. The Labute approximate surface area is 310 Å². The molecule has 0 aliphatic carbocycles. The van der Waals surface area contributed by atoms with Crippen molar-refractivity contribution in [2.24, 2.45) is 0 Å². The molecule has 0 radical (unpaired) electrons. The van der Waals surface area contributed by atoms with E-state index in [2.05, 4.69) is 6.58 Å². The van der Waals surface area contributed by atoms with Crippen molar-refractivity contribution in [3.63, 3.8) is 0 Å². The van der Waals surface area contributed by atoms with Gasteiger partial charge in [-0.3, -0.25) is 0 Å². The molecular weight excluding hydrogens is 701 g/mol. The summed E-state index contributed by atoms with van der Waals surface area (Å²) in [6, 6.07) is 1.53. The van der Waals surface area contributed by atoms with Crippen LogP contribution < -0.4 is 0 Å². The maximum Gasteiger partial charge on any atom is 0.501 e. The fourth-order valence-electron chi connectivity index (χ4n) is 4.09. The Bertz CT molecular complexity index is 590. The summed E-state index contributed by atoms with van der Waals surface area (Å²) in [6.45, 7) is 36.5. The lowest BCUT2D eigenvalue weighted by molar-refractivity contribution is 0.0383. The third-order valence-electron chi connectivity index (χ3n) is 5.83. The minimum atomic E-state index is -2.56. The molecule has 300 valence electrons. The van der Waals surface area contributed by atoms with Gasteiger partial charge in [-0.15, -0.1) is 6.58 Å². The van der Waals surface area contributed by atoms with Crippen LogP contribution in [-0.2, 0) is 58.8 Å².